The number of aryl methyl sites for hydroxylation is 1. The number of allylic oxidation sites excluding steroid dienone is 1. The highest BCUT2D eigenvalue weighted by Crippen LogP contribution is 2.42. The molecule has 0 radical (unpaired) electrons. The molecule has 2 atom stereocenters. The van der Waals surface area contributed by atoms with Gasteiger partial charge >= 0.3 is 5.69 Å². The number of halogens is 1. The van der Waals surface area contributed by atoms with Gasteiger partial charge < -0.3 is 19.5 Å². The number of furan rings is 1. The van der Waals surface area contributed by atoms with Gasteiger partial charge in [-0.25, -0.2) is 4.79 Å². The second-order valence-corrected chi connectivity index (χ2v) is 10.6. The van der Waals surface area contributed by atoms with Crippen LogP contribution >= 0.6 is 15.9 Å². The van der Waals surface area contributed by atoms with Crippen molar-refractivity contribution in [1.29, 1.82) is 5.41 Å². The maximum Gasteiger partial charge on any atom is 0.349 e. The van der Waals surface area contributed by atoms with Crippen LogP contribution in [0, 0.1) is 12.3 Å². The number of fused-ring (bicyclic) bond motifs is 3. The standard InChI is InChI=1S/C27H31BrN6O3/c1-6-19-9-18(7-8-36-19)34-24-21-10-20(17-12-30-33(5)14-17)15(2)22(28)25(21)37-26(24)23(31-27(34)35)16(11-29)13-32(3)4/h10-14,18-19,29H,6-9H2,1-5H3/b16-13+,29-11?/t18-,19-/m0/s1. The minimum absolute atomic E-state index is 0.0702. The van der Waals surface area contributed by atoms with Gasteiger partial charge in [-0.15, -0.1) is 0 Å². The highest BCUT2D eigenvalue weighted by atomic mass is 79.9. The van der Waals surface area contributed by atoms with Crippen molar-refractivity contribution in [1.82, 2.24) is 24.2 Å². The molecule has 0 amide bonds. The first kappa shape index (κ1) is 25.4. The molecular weight excluding hydrogens is 536 g/mol. The Kier molecular flexibility index (Phi) is 6.80. The fourth-order valence-electron chi connectivity index (χ4n) is 5.19. The van der Waals surface area contributed by atoms with E-state index in [1.807, 2.05) is 45.4 Å². The molecule has 194 valence electrons. The molecule has 4 heterocycles. The lowest BCUT2D eigenvalue weighted by molar-refractivity contribution is -0.00711. The van der Waals surface area contributed by atoms with Crippen LogP contribution in [0.2, 0.25) is 0 Å². The molecule has 1 aromatic carbocycles. The number of benzene rings is 1. The SMILES string of the molecule is CC[C@H]1C[C@@H](n2c(=O)nc(/C(C=N)=C/N(C)C)c3oc4c(Br)c(C)c(-c5cnn(C)c5)cc4c32)CCO1. The first-order valence-electron chi connectivity index (χ1n) is 12.4. The summed E-state index contributed by atoms with van der Waals surface area (Å²) in [6.45, 7) is 4.72. The van der Waals surface area contributed by atoms with Crippen molar-refractivity contribution < 1.29 is 9.15 Å². The van der Waals surface area contributed by atoms with E-state index in [1.54, 1.807) is 15.4 Å². The van der Waals surface area contributed by atoms with Crippen LogP contribution in [0.15, 0.2) is 38.3 Å². The van der Waals surface area contributed by atoms with Gasteiger partial charge in [-0.3, -0.25) is 9.25 Å². The zero-order valence-electron chi connectivity index (χ0n) is 21.7. The summed E-state index contributed by atoms with van der Waals surface area (Å²) in [4.78, 5) is 20.0. The first-order valence-corrected chi connectivity index (χ1v) is 13.2. The number of ether oxygens (including phenoxy) is 1. The second kappa shape index (κ2) is 9.90. The third kappa shape index (κ3) is 4.42. The van der Waals surface area contributed by atoms with Crippen LogP contribution < -0.4 is 5.69 Å². The highest BCUT2D eigenvalue weighted by molar-refractivity contribution is 9.10. The number of rotatable bonds is 6. The Morgan fingerprint density at radius 1 is 1.35 bits per heavy atom. The Morgan fingerprint density at radius 2 is 2.14 bits per heavy atom. The smallest absolute Gasteiger partial charge is 0.349 e. The van der Waals surface area contributed by atoms with Gasteiger partial charge in [0.15, 0.2) is 11.2 Å². The minimum atomic E-state index is -0.349. The van der Waals surface area contributed by atoms with Gasteiger partial charge in [0.2, 0.25) is 0 Å². The lowest BCUT2D eigenvalue weighted by atomic mass is 9.99. The summed E-state index contributed by atoms with van der Waals surface area (Å²) in [5, 5.41) is 13.2. The van der Waals surface area contributed by atoms with Crippen LogP contribution in [-0.4, -0.2) is 57.3 Å². The van der Waals surface area contributed by atoms with Gasteiger partial charge in [0, 0.05) is 68.9 Å². The van der Waals surface area contributed by atoms with E-state index in [9.17, 15) is 4.79 Å². The van der Waals surface area contributed by atoms with Gasteiger partial charge in [0.1, 0.15) is 11.2 Å². The molecule has 5 rings (SSSR count). The van der Waals surface area contributed by atoms with Crippen molar-refractivity contribution >= 4 is 49.8 Å². The molecule has 1 aliphatic heterocycles. The van der Waals surface area contributed by atoms with E-state index in [2.05, 4.69) is 39.0 Å². The van der Waals surface area contributed by atoms with Crippen LogP contribution in [0.1, 0.15) is 43.5 Å². The molecule has 0 bridgehead atoms. The van der Waals surface area contributed by atoms with Gasteiger partial charge in [-0.1, -0.05) is 6.92 Å². The molecule has 9 nitrogen and oxygen atoms in total. The summed E-state index contributed by atoms with van der Waals surface area (Å²) >= 11 is 3.78. The first-order chi connectivity index (χ1) is 17.7. The van der Waals surface area contributed by atoms with Gasteiger partial charge in [-0.2, -0.15) is 10.1 Å². The molecule has 0 unspecified atom stereocenters. The molecule has 1 N–H and O–H groups in total. The zero-order chi connectivity index (χ0) is 26.4. The monoisotopic (exact) mass is 566 g/mol. The Hall–Kier alpha value is -3.24. The molecule has 1 fully saturated rings. The molecule has 0 spiro atoms. The molecule has 37 heavy (non-hydrogen) atoms. The normalized spacial score (nSPS) is 18.6. The van der Waals surface area contributed by atoms with E-state index < -0.39 is 0 Å². The van der Waals surface area contributed by atoms with Gasteiger partial charge in [0.05, 0.1) is 16.8 Å². The highest BCUT2D eigenvalue weighted by Gasteiger charge is 2.30. The van der Waals surface area contributed by atoms with E-state index in [4.69, 9.17) is 14.6 Å². The maximum atomic E-state index is 13.7. The average molecular weight is 567 g/mol. The molecule has 0 aliphatic carbocycles. The molecule has 1 saturated heterocycles. The average Bonchev–Trinajstić information content (AvgIpc) is 3.48. The molecule has 10 heteroatoms. The fraction of sp³-hybridized carbons (Fsp3) is 0.407. The second-order valence-electron chi connectivity index (χ2n) is 9.81. The van der Waals surface area contributed by atoms with E-state index >= 15 is 0 Å². The van der Waals surface area contributed by atoms with Crippen LogP contribution in [0.25, 0.3) is 38.8 Å². The Labute approximate surface area is 223 Å². The summed E-state index contributed by atoms with van der Waals surface area (Å²) in [5.41, 5.74) is 5.34. The summed E-state index contributed by atoms with van der Waals surface area (Å²) < 4.78 is 16.8. The number of hydrogen-bond donors (Lipinski definition) is 1. The van der Waals surface area contributed by atoms with Crippen molar-refractivity contribution in [2.75, 3.05) is 20.7 Å². The minimum Gasteiger partial charge on any atom is -0.451 e. The van der Waals surface area contributed by atoms with Gasteiger partial charge in [-0.05, 0) is 59.3 Å². The third-order valence-electron chi connectivity index (χ3n) is 7.01. The molecular formula is C27H31BrN6O3. The van der Waals surface area contributed by atoms with Crippen LogP contribution in [0.4, 0.5) is 0 Å². The predicted molar refractivity (Wildman–Crippen MR) is 149 cm³/mol. The maximum absolute atomic E-state index is 13.7. The number of nitrogens with one attached hydrogen (secondary N) is 1. The lowest BCUT2D eigenvalue weighted by Crippen LogP contribution is -2.34. The summed E-state index contributed by atoms with van der Waals surface area (Å²) in [6, 6.07) is 2.01. The zero-order valence-corrected chi connectivity index (χ0v) is 23.3. The van der Waals surface area contributed by atoms with Crippen molar-refractivity contribution in [2.24, 2.45) is 7.05 Å². The van der Waals surface area contributed by atoms with E-state index in [0.717, 1.165) is 39.4 Å². The topological polar surface area (TPSA) is 102 Å². The van der Waals surface area contributed by atoms with Crippen molar-refractivity contribution in [3.8, 4) is 11.1 Å². The fourth-order valence-corrected chi connectivity index (χ4v) is 5.70. The van der Waals surface area contributed by atoms with Crippen molar-refractivity contribution in [3.63, 3.8) is 0 Å². The summed E-state index contributed by atoms with van der Waals surface area (Å²) in [5.74, 6) is 0. The molecule has 4 aromatic rings. The number of hydrogen-bond acceptors (Lipinski definition) is 7. The van der Waals surface area contributed by atoms with E-state index in [1.165, 1.54) is 6.21 Å². The molecule has 0 saturated carbocycles. The Bertz CT molecular complexity index is 1600. The largest absolute Gasteiger partial charge is 0.451 e. The quantitative estimate of drug-likeness (QED) is 0.318. The van der Waals surface area contributed by atoms with Crippen molar-refractivity contribution in [2.45, 2.75) is 45.3 Å². The van der Waals surface area contributed by atoms with E-state index in [0.29, 0.717) is 41.0 Å². The number of aromatic nitrogens is 4. The molecule has 3 aromatic heterocycles. The summed E-state index contributed by atoms with van der Waals surface area (Å²) in [6.07, 6.45) is 9.20. The number of nitrogens with zero attached hydrogens (tertiary/aromatic N) is 5. The third-order valence-corrected chi connectivity index (χ3v) is 7.97. The van der Waals surface area contributed by atoms with Gasteiger partial charge in [0.25, 0.3) is 0 Å². The van der Waals surface area contributed by atoms with E-state index in [-0.39, 0.29) is 17.8 Å². The van der Waals surface area contributed by atoms with Crippen LogP contribution in [-0.2, 0) is 11.8 Å². The Balaban J connectivity index is 1.90. The van der Waals surface area contributed by atoms with Crippen LogP contribution in [0.5, 0.6) is 0 Å². The van der Waals surface area contributed by atoms with Crippen LogP contribution in [0.3, 0.4) is 0 Å². The lowest BCUT2D eigenvalue weighted by Gasteiger charge is -2.30. The Morgan fingerprint density at radius 3 is 2.78 bits per heavy atom. The molecule has 1 aliphatic rings. The summed E-state index contributed by atoms with van der Waals surface area (Å²) in [7, 11) is 5.63. The predicted octanol–water partition coefficient (Wildman–Crippen LogP) is 5.30. The van der Waals surface area contributed by atoms with Crippen molar-refractivity contribution in [3.05, 3.63) is 50.9 Å².